The van der Waals surface area contributed by atoms with Gasteiger partial charge in [0.1, 0.15) is 0 Å². The second kappa shape index (κ2) is 7.35. The maximum Gasteiger partial charge on any atom is 0.230 e. The van der Waals surface area contributed by atoms with Crippen molar-refractivity contribution in [2.45, 2.75) is 79.1 Å². The van der Waals surface area contributed by atoms with E-state index in [0.29, 0.717) is 5.92 Å². The van der Waals surface area contributed by atoms with Crippen molar-refractivity contribution in [3.05, 3.63) is 41.5 Å². The van der Waals surface area contributed by atoms with Crippen LogP contribution in [0.5, 0.6) is 0 Å². The summed E-state index contributed by atoms with van der Waals surface area (Å²) in [4.78, 5) is 13.5. The molecule has 1 aromatic rings. The Morgan fingerprint density at radius 3 is 2.54 bits per heavy atom. The van der Waals surface area contributed by atoms with Gasteiger partial charge >= 0.3 is 0 Å². The Labute approximate surface area is 171 Å². The van der Waals surface area contributed by atoms with Gasteiger partial charge in [-0.05, 0) is 80.2 Å². The summed E-state index contributed by atoms with van der Waals surface area (Å²) >= 11 is 0. The zero-order valence-electron chi connectivity index (χ0n) is 18.2. The van der Waals surface area contributed by atoms with Crippen LogP contribution in [0.15, 0.2) is 41.5 Å². The fourth-order valence-electron chi connectivity index (χ4n) is 6.82. The number of benzene rings is 1. The fraction of sp³-hybridized carbons (Fsp3) is 0.654. The number of carbonyl (C=O) groups is 1. The molecule has 1 N–H and O–H groups in total. The predicted molar refractivity (Wildman–Crippen MR) is 117 cm³/mol. The first-order chi connectivity index (χ1) is 13.3. The van der Waals surface area contributed by atoms with E-state index in [4.69, 9.17) is 0 Å². The Bertz CT molecular complexity index is 764. The molecule has 1 saturated carbocycles. The molecule has 0 saturated heterocycles. The average Bonchev–Trinajstić information content (AvgIpc) is 2.68. The molecule has 2 heteroatoms. The zero-order chi connectivity index (χ0) is 19.9. The van der Waals surface area contributed by atoms with E-state index in [1.54, 1.807) is 11.1 Å². The molecular weight excluding hydrogens is 342 g/mol. The molecule has 3 unspecified atom stereocenters. The molecule has 2 nitrogen and oxygen atoms in total. The van der Waals surface area contributed by atoms with Crippen molar-refractivity contribution in [2.24, 2.45) is 28.6 Å². The molecule has 4 atom stereocenters. The lowest BCUT2D eigenvalue weighted by Gasteiger charge is -2.56. The van der Waals surface area contributed by atoms with Crippen LogP contribution in [0.25, 0.3) is 0 Å². The minimum absolute atomic E-state index is 0.219. The normalized spacial score (nSPS) is 35.3. The van der Waals surface area contributed by atoms with E-state index in [1.807, 2.05) is 30.3 Å². The monoisotopic (exact) mass is 379 g/mol. The number of rotatable bonds is 3. The summed E-state index contributed by atoms with van der Waals surface area (Å²) < 4.78 is 0. The highest BCUT2D eigenvalue weighted by Crippen LogP contribution is 2.62. The molecule has 28 heavy (non-hydrogen) atoms. The van der Waals surface area contributed by atoms with Crippen LogP contribution in [0, 0.1) is 28.6 Å². The van der Waals surface area contributed by atoms with Crippen molar-refractivity contribution in [3.8, 4) is 0 Å². The van der Waals surface area contributed by atoms with Crippen molar-refractivity contribution in [1.29, 1.82) is 0 Å². The zero-order valence-corrected chi connectivity index (χ0v) is 18.2. The number of amides is 1. The highest BCUT2D eigenvalue weighted by Gasteiger charge is 2.55. The van der Waals surface area contributed by atoms with Crippen LogP contribution in [-0.2, 0) is 4.79 Å². The Morgan fingerprint density at radius 1 is 1.07 bits per heavy atom. The summed E-state index contributed by atoms with van der Waals surface area (Å²) in [6.45, 7) is 9.51. The molecule has 0 spiro atoms. The Morgan fingerprint density at radius 2 is 1.82 bits per heavy atom. The number of hydrogen-bond donors (Lipinski definition) is 1. The molecule has 0 aliphatic heterocycles. The van der Waals surface area contributed by atoms with Crippen molar-refractivity contribution in [2.75, 3.05) is 5.32 Å². The first-order valence-electron chi connectivity index (χ1n) is 11.4. The minimum atomic E-state index is -0.268. The van der Waals surface area contributed by atoms with Gasteiger partial charge in [0.05, 0.1) is 5.41 Å². The molecule has 1 fully saturated rings. The van der Waals surface area contributed by atoms with Crippen LogP contribution in [-0.4, -0.2) is 5.91 Å². The minimum Gasteiger partial charge on any atom is -0.326 e. The molecule has 3 aliphatic rings. The molecule has 152 valence electrons. The van der Waals surface area contributed by atoms with E-state index in [0.717, 1.165) is 30.4 Å². The van der Waals surface area contributed by atoms with Crippen LogP contribution < -0.4 is 5.32 Å². The van der Waals surface area contributed by atoms with Gasteiger partial charge < -0.3 is 5.32 Å². The van der Waals surface area contributed by atoms with E-state index in [9.17, 15) is 4.79 Å². The van der Waals surface area contributed by atoms with Crippen LogP contribution >= 0.6 is 0 Å². The van der Waals surface area contributed by atoms with Gasteiger partial charge in [0, 0.05) is 5.69 Å². The SMILES string of the molecule is CC(C)C1CCC2=C(CCC3C2(C)CCC[C@@]3(C)C(=O)Nc2ccccc2)C1. The predicted octanol–water partition coefficient (Wildman–Crippen LogP) is 6.98. The Hall–Kier alpha value is -1.57. The third kappa shape index (κ3) is 3.23. The second-order valence-corrected chi connectivity index (χ2v) is 10.4. The molecule has 4 rings (SSSR count). The van der Waals surface area contributed by atoms with Crippen LogP contribution in [0.3, 0.4) is 0 Å². The van der Waals surface area contributed by atoms with E-state index >= 15 is 0 Å². The van der Waals surface area contributed by atoms with Gasteiger partial charge in [-0.25, -0.2) is 0 Å². The molecule has 1 aromatic carbocycles. The highest BCUT2D eigenvalue weighted by molar-refractivity contribution is 5.95. The van der Waals surface area contributed by atoms with Gasteiger partial charge in [-0.3, -0.25) is 4.79 Å². The lowest BCUT2D eigenvalue weighted by molar-refractivity contribution is -0.135. The van der Waals surface area contributed by atoms with Gasteiger partial charge in [-0.1, -0.05) is 63.5 Å². The van der Waals surface area contributed by atoms with E-state index in [-0.39, 0.29) is 16.7 Å². The highest BCUT2D eigenvalue weighted by atomic mass is 16.2. The van der Waals surface area contributed by atoms with Gasteiger partial charge in [0.25, 0.3) is 0 Å². The van der Waals surface area contributed by atoms with Crippen LogP contribution in [0.1, 0.15) is 79.1 Å². The standard InChI is InChI=1S/C26H37NO/c1-18(2)19-11-13-22-20(17-19)12-14-23-25(22,3)15-8-16-26(23,4)24(28)27-21-9-6-5-7-10-21/h5-7,9-10,18-19,23H,8,11-17H2,1-4H3,(H,27,28)/t19?,23?,25?,26-/m1/s1. The number of carbonyl (C=O) groups excluding carboxylic acids is 1. The van der Waals surface area contributed by atoms with Crippen molar-refractivity contribution < 1.29 is 4.79 Å². The number of allylic oxidation sites excluding steroid dienone is 2. The molecule has 3 aliphatic carbocycles. The van der Waals surface area contributed by atoms with Gasteiger partial charge in [-0.15, -0.1) is 0 Å². The summed E-state index contributed by atoms with van der Waals surface area (Å²) in [5, 5.41) is 3.24. The lowest BCUT2D eigenvalue weighted by Crippen LogP contribution is -2.52. The number of nitrogens with one attached hydrogen (secondary N) is 1. The Kier molecular flexibility index (Phi) is 5.18. The summed E-state index contributed by atoms with van der Waals surface area (Å²) in [5.74, 6) is 2.34. The summed E-state index contributed by atoms with van der Waals surface area (Å²) in [6.07, 6.45) is 9.75. The second-order valence-electron chi connectivity index (χ2n) is 10.4. The molecule has 0 heterocycles. The van der Waals surface area contributed by atoms with Crippen molar-refractivity contribution in [1.82, 2.24) is 0 Å². The molecule has 0 bridgehead atoms. The number of hydrogen-bond acceptors (Lipinski definition) is 1. The van der Waals surface area contributed by atoms with Gasteiger partial charge in [0.2, 0.25) is 5.91 Å². The maximum absolute atomic E-state index is 13.5. The van der Waals surface area contributed by atoms with E-state index in [1.165, 1.54) is 38.5 Å². The number of para-hydroxylation sites is 1. The third-order valence-electron chi connectivity index (χ3n) is 8.55. The van der Waals surface area contributed by atoms with Crippen LogP contribution in [0.4, 0.5) is 5.69 Å². The van der Waals surface area contributed by atoms with Gasteiger partial charge in [0.15, 0.2) is 0 Å². The van der Waals surface area contributed by atoms with E-state index < -0.39 is 0 Å². The van der Waals surface area contributed by atoms with E-state index in [2.05, 4.69) is 33.0 Å². The fourth-order valence-corrected chi connectivity index (χ4v) is 6.82. The summed E-state index contributed by atoms with van der Waals surface area (Å²) in [6, 6.07) is 9.98. The lowest BCUT2D eigenvalue weighted by atomic mass is 9.48. The summed E-state index contributed by atoms with van der Waals surface area (Å²) in [5.41, 5.74) is 4.39. The Balaban J connectivity index is 1.61. The third-order valence-corrected chi connectivity index (χ3v) is 8.55. The average molecular weight is 380 g/mol. The molecule has 1 amide bonds. The quantitative estimate of drug-likeness (QED) is 0.564. The first-order valence-corrected chi connectivity index (χ1v) is 11.4. The topological polar surface area (TPSA) is 29.1 Å². The molecule has 0 radical (unpaired) electrons. The summed E-state index contributed by atoms with van der Waals surface area (Å²) in [7, 11) is 0. The number of fused-ring (bicyclic) bond motifs is 2. The maximum atomic E-state index is 13.5. The smallest absolute Gasteiger partial charge is 0.230 e. The van der Waals surface area contributed by atoms with Crippen LogP contribution in [0.2, 0.25) is 0 Å². The largest absolute Gasteiger partial charge is 0.326 e. The molecule has 0 aromatic heterocycles. The van der Waals surface area contributed by atoms with Crippen molar-refractivity contribution >= 4 is 11.6 Å². The van der Waals surface area contributed by atoms with Gasteiger partial charge in [-0.2, -0.15) is 0 Å². The molecular formula is C26H37NO. The van der Waals surface area contributed by atoms with Crippen molar-refractivity contribution in [3.63, 3.8) is 0 Å². The number of anilines is 1. The first kappa shape index (κ1) is 19.7.